The highest BCUT2D eigenvalue weighted by Gasteiger charge is 2.22. The molecule has 1 unspecified atom stereocenters. The number of carbonyl (C=O) groups is 1. The number of aliphatic carboxylic acids is 1. The molecule has 1 aromatic heterocycles. The number of aryl methyl sites for hydroxylation is 1. The molecule has 1 atom stereocenters. The number of hydrogen-bond donors (Lipinski definition) is 1. The third-order valence-electron chi connectivity index (χ3n) is 1.92. The molecule has 1 heterocycles. The van der Waals surface area contributed by atoms with E-state index in [1.807, 2.05) is 13.8 Å². The van der Waals surface area contributed by atoms with Gasteiger partial charge in [0.05, 0.1) is 6.26 Å². The molecule has 0 bridgehead atoms. The molecule has 0 fully saturated rings. The summed E-state index contributed by atoms with van der Waals surface area (Å²) in [5.41, 5.74) is 0.907. The van der Waals surface area contributed by atoms with E-state index in [4.69, 9.17) is 9.52 Å². The Kier molecular flexibility index (Phi) is 2.53. The Bertz CT molecular complexity index is 275. The average molecular weight is 168 g/mol. The van der Waals surface area contributed by atoms with Gasteiger partial charge in [-0.25, -0.2) is 0 Å². The van der Waals surface area contributed by atoms with Gasteiger partial charge in [-0.1, -0.05) is 6.92 Å². The smallest absolute Gasteiger partial charge is 0.314 e. The molecule has 0 aliphatic heterocycles. The molecular weight excluding hydrogens is 156 g/mol. The van der Waals surface area contributed by atoms with Gasteiger partial charge in [-0.3, -0.25) is 4.79 Å². The van der Waals surface area contributed by atoms with Gasteiger partial charge in [0.2, 0.25) is 0 Å². The number of rotatable bonds is 3. The fourth-order valence-corrected chi connectivity index (χ4v) is 1.21. The van der Waals surface area contributed by atoms with Crippen molar-refractivity contribution in [1.82, 2.24) is 0 Å². The monoisotopic (exact) mass is 168 g/mol. The molecule has 0 radical (unpaired) electrons. The van der Waals surface area contributed by atoms with Gasteiger partial charge in [0.25, 0.3) is 0 Å². The number of furan rings is 1. The Labute approximate surface area is 71.0 Å². The zero-order valence-electron chi connectivity index (χ0n) is 7.20. The zero-order chi connectivity index (χ0) is 9.14. The number of carboxylic acids is 1. The predicted molar refractivity (Wildman–Crippen MR) is 44.1 cm³/mol. The molecule has 0 aromatic carbocycles. The summed E-state index contributed by atoms with van der Waals surface area (Å²) in [5, 5.41) is 8.81. The van der Waals surface area contributed by atoms with E-state index in [1.54, 1.807) is 6.07 Å². The van der Waals surface area contributed by atoms with Crippen LogP contribution in [0.3, 0.4) is 0 Å². The molecule has 3 heteroatoms. The molecule has 3 nitrogen and oxygen atoms in total. The standard InChI is InChI=1S/C9H12O3/c1-3-7(9(10)11)8-6(2)4-5-12-8/h4-5,7H,3H2,1-2H3,(H,10,11). The second kappa shape index (κ2) is 3.43. The highest BCUT2D eigenvalue weighted by atomic mass is 16.4. The normalized spacial score (nSPS) is 12.8. The Morgan fingerprint density at radius 2 is 2.42 bits per heavy atom. The van der Waals surface area contributed by atoms with E-state index in [2.05, 4.69) is 0 Å². The summed E-state index contributed by atoms with van der Waals surface area (Å²) < 4.78 is 5.10. The third kappa shape index (κ3) is 1.49. The third-order valence-corrected chi connectivity index (χ3v) is 1.92. The van der Waals surface area contributed by atoms with Gasteiger partial charge < -0.3 is 9.52 Å². The molecular formula is C9H12O3. The lowest BCUT2D eigenvalue weighted by Crippen LogP contribution is -2.10. The second-order valence-corrected chi connectivity index (χ2v) is 2.77. The van der Waals surface area contributed by atoms with Crippen LogP contribution in [0, 0.1) is 6.92 Å². The van der Waals surface area contributed by atoms with Gasteiger partial charge in [-0.05, 0) is 25.0 Å². The van der Waals surface area contributed by atoms with Gasteiger partial charge in [0, 0.05) is 0 Å². The van der Waals surface area contributed by atoms with Crippen LogP contribution in [-0.4, -0.2) is 11.1 Å². The van der Waals surface area contributed by atoms with E-state index in [-0.39, 0.29) is 0 Å². The highest BCUT2D eigenvalue weighted by molar-refractivity contribution is 5.75. The highest BCUT2D eigenvalue weighted by Crippen LogP contribution is 2.23. The first-order valence-corrected chi connectivity index (χ1v) is 3.93. The lowest BCUT2D eigenvalue weighted by atomic mass is 10.0. The van der Waals surface area contributed by atoms with Crippen LogP contribution in [0.15, 0.2) is 16.7 Å². The van der Waals surface area contributed by atoms with E-state index in [0.717, 1.165) is 5.56 Å². The summed E-state index contributed by atoms with van der Waals surface area (Å²) >= 11 is 0. The number of hydrogen-bond acceptors (Lipinski definition) is 2. The molecule has 1 rings (SSSR count). The Balaban J connectivity index is 2.94. The van der Waals surface area contributed by atoms with E-state index >= 15 is 0 Å². The molecule has 1 N–H and O–H groups in total. The topological polar surface area (TPSA) is 50.4 Å². The molecule has 0 amide bonds. The summed E-state index contributed by atoms with van der Waals surface area (Å²) in [7, 11) is 0. The van der Waals surface area contributed by atoms with E-state index in [0.29, 0.717) is 12.2 Å². The fourth-order valence-electron chi connectivity index (χ4n) is 1.21. The molecule has 0 aliphatic carbocycles. The maximum atomic E-state index is 10.7. The van der Waals surface area contributed by atoms with Gasteiger partial charge in [0.15, 0.2) is 0 Å². The first-order chi connectivity index (χ1) is 5.66. The van der Waals surface area contributed by atoms with Crippen LogP contribution >= 0.6 is 0 Å². The molecule has 0 saturated heterocycles. The van der Waals surface area contributed by atoms with Crippen molar-refractivity contribution in [3.05, 3.63) is 23.7 Å². The molecule has 0 spiro atoms. The van der Waals surface area contributed by atoms with Crippen molar-refractivity contribution in [1.29, 1.82) is 0 Å². The SMILES string of the molecule is CCC(C(=O)O)c1occc1C. The van der Waals surface area contributed by atoms with Gasteiger partial charge in [-0.15, -0.1) is 0 Å². The van der Waals surface area contributed by atoms with Crippen molar-refractivity contribution in [3.8, 4) is 0 Å². The minimum absolute atomic E-state index is 0.500. The maximum Gasteiger partial charge on any atom is 0.314 e. The Morgan fingerprint density at radius 1 is 1.75 bits per heavy atom. The summed E-state index contributed by atoms with van der Waals surface area (Å²) in [6.45, 7) is 3.69. The van der Waals surface area contributed by atoms with Gasteiger partial charge in [0.1, 0.15) is 11.7 Å². The lowest BCUT2D eigenvalue weighted by Gasteiger charge is -2.06. The van der Waals surface area contributed by atoms with E-state index in [9.17, 15) is 4.79 Å². The van der Waals surface area contributed by atoms with E-state index < -0.39 is 11.9 Å². The van der Waals surface area contributed by atoms with Crippen LogP contribution in [0.4, 0.5) is 0 Å². The van der Waals surface area contributed by atoms with Crippen molar-refractivity contribution >= 4 is 5.97 Å². The van der Waals surface area contributed by atoms with Crippen LogP contribution in [0.25, 0.3) is 0 Å². The van der Waals surface area contributed by atoms with Crippen LogP contribution in [0.2, 0.25) is 0 Å². The zero-order valence-corrected chi connectivity index (χ0v) is 7.20. The average Bonchev–Trinajstić information content (AvgIpc) is 2.38. The van der Waals surface area contributed by atoms with E-state index in [1.165, 1.54) is 6.26 Å². The molecule has 0 aliphatic rings. The van der Waals surface area contributed by atoms with Crippen LogP contribution < -0.4 is 0 Å². The number of carboxylic acid groups (broad SMARTS) is 1. The minimum Gasteiger partial charge on any atom is -0.481 e. The van der Waals surface area contributed by atoms with Gasteiger partial charge >= 0.3 is 5.97 Å². The predicted octanol–water partition coefficient (Wildman–Crippen LogP) is 2.17. The van der Waals surface area contributed by atoms with Crippen molar-refractivity contribution in [3.63, 3.8) is 0 Å². The summed E-state index contributed by atoms with van der Waals surface area (Å²) in [5.74, 6) is -0.749. The van der Waals surface area contributed by atoms with Crippen LogP contribution in [0.5, 0.6) is 0 Å². The molecule has 0 saturated carbocycles. The summed E-state index contributed by atoms with van der Waals surface area (Å²) in [6, 6.07) is 1.78. The van der Waals surface area contributed by atoms with Crippen LogP contribution in [0.1, 0.15) is 30.6 Å². The summed E-state index contributed by atoms with van der Waals surface area (Å²) in [6.07, 6.45) is 2.08. The van der Waals surface area contributed by atoms with Crippen LogP contribution in [-0.2, 0) is 4.79 Å². The van der Waals surface area contributed by atoms with Crippen molar-refractivity contribution in [2.24, 2.45) is 0 Å². The lowest BCUT2D eigenvalue weighted by molar-refractivity contribution is -0.139. The second-order valence-electron chi connectivity index (χ2n) is 2.77. The molecule has 66 valence electrons. The maximum absolute atomic E-state index is 10.7. The Hall–Kier alpha value is -1.25. The van der Waals surface area contributed by atoms with Gasteiger partial charge in [-0.2, -0.15) is 0 Å². The minimum atomic E-state index is -0.824. The first-order valence-electron chi connectivity index (χ1n) is 3.93. The van der Waals surface area contributed by atoms with Crippen molar-refractivity contribution in [2.45, 2.75) is 26.2 Å². The Morgan fingerprint density at radius 3 is 2.75 bits per heavy atom. The molecule has 1 aromatic rings. The quantitative estimate of drug-likeness (QED) is 0.752. The first kappa shape index (κ1) is 8.84. The summed E-state index contributed by atoms with van der Waals surface area (Å²) in [4.78, 5) is 10.7. The fraction of sp³-hybridized carbons (Fsp3) is 0.444. The van der Waals surface area contributed by atoms with Crippen molar-refractivity contribution in [2.75, 3.05) is 0 Å². The largest absolute Gasteiger partial charge is 0.481 e. The molecule has 12 heavy (non-hydrogen) atoms. The van der Waals surface area contributed by atoms with Crippen molar-refractivity contribution < 1.29 is 14.3 Å².